The molecule has 2 aromatic heterocycles. The van der Waals surface area contributed by atoms with Crippen molar-refractivity contribution in [1.82, 2.24) is 25.0 Å². The van der Waals surface area contributed by atoms with Crippen molar-refractivity contribution in [3.05, 3.63) is 87.5 Å². The summed E-state index contributed by atoms with van der Waals surface area (Å²) in [7, 11) is 4.31. The Morgan fingerprint density at radius 3 is 2.28 bits per heavy atom. The topological polar surface area (TPSA) is 175 Å². The Morgan fingerprint density at radius 1 is 0.873 bits per heavy atom. The third-order valence-corrected chi connectivity index (χ3v) is 17.2. The molecule has 2 N–H and O–H groups in total. The number of hydrogen-bond donors (Lipinski definition) is 2. The average molecular weight is 1160 g/mol. The van der Waals surface area contributed by atoms with Gasteiger partial charge in [-0.3, -0.25) is 24.1 Å². The number of methoxy groups -OCH3 is 3. The molecule has 3 saturated heterocycles. The number of amides is 4. The molecule has 428 valence electrons. The van der Waals surface area contributed by atoms with Crippen molar-refractivity contribution in [2.75, 3.05) is 47.6 Å². The van der Waals surface area contributed by atoms with E-state index >= 15 is 4.39 Å². The number of benzene rings is 2. The van der Waals surface area contributed by atoms with Crippen LogP contribution >= 0.6 is 51.8 Å². The number of nitrogens with zero attached hydrogens (tertiary/aromatic N) is 5. The van der Waals surface area contributed by atoms with Gasteiger partial charge in [-0.25, -0.2) is 14.0 Å². The van der Waals surface area contributed by atoms with Gasteiger partial charge < -0.3 is 44.1 Å². The molecule has 6 atom stereocenters. The van der Waals surface area contributed by atoms with Crippen molar-refractivity contribution in [3.8, 4) is 17.0 Å². The highest BCUT2D eigenvalue weighted by molar-refractivity contribution is 7.59. The lowest BCUT2D eigenvalue weighted by atomic mass is 9.82. The van der Waals surface area contributed by atoms with Gasteiger partial charge in [-0.1, -0.05) is 19.9 Å². The molecule has 3 unspecified atom stereocenters. The van der Waals surface area contributed by atoms with E-state index in [1.807, 2.05) is 57.0 Å². The summed E-state index contributed by atoms with van der Waals surface area (Å²) >= 11 is 1.65. The predicted octanol–water partition coefficient (Wildman–Crippen LogP) is 10.1. The number of hydrogen-bond acceptors (Lipinski definition) is 12. The summed E-state index contributed by atoms with van der Waals surface area (Å²) < 4.78 is 47.8. The number of carbonyl (C=O) groups excluding carboxylic acids is 4. The van der Waals surface area contributed by atoms with Crippen LogP contribution in [0.2, 0.25) is 0 Å². The Bertz CT molecular complexity index is 3090. The Morgan fingerprint density at radius 2 is 1.58 bits per heavy atom. The molecule has 4 amide bonds. The minimum atomic E-state index is -0.756. The Kier molecular flexibility index (Phi) is 19.3. The lowest BCUT2D eigenvalue weighted by Crippen LogP contribution is -2.56. The van der Waals surface area contributed by atoms with Crippen molar-refractivity contribution in [2.45, 2.75) is 135 Å². The number of thiophene rings is 1. The van der Waals surface area contributed by atoms with Crippen LogP contribution in [0.25, 0.3) is 33.3 Å². The Hall–Kier alpha value is -5.32. The van der Waals surface area contributed by atoms with Gasteiger partial charge in [0.15, 0.2) is 0 Å². The largest absolute Gasteiger partial charge is 0.464 e. The van der Waals surface area contributed by atoms with Crippen molar-refractivity contribution in [2.24, 2.45) is 21.8 Å². The number of aromatic nitrogens is 1. The van der Waals surface area contributed by atoms with Crippen LogP contribution in [0.1, 0.15) is 114 Å². The molecule has 8 heterocycles. The van der Waals surface area contributed by atoms with Gasteiger partial charge in [0.1, 0.15) is 23.7 Å². The second-order valence-electron chi connectivity index (χ2n) is 22.5. The highest BCUT2D eigenvalue weighted by atomic mass is 32.1. The summed E-state index contributed by atoms with van der Waals surface area (Å²) in [5.74, 6) is -0.603. The highest BCUT2D eigenvalue weighted by Gasteiger charge is 2.44. The zero-order chi connectivity index (χ0) is 53.8. The second kappa shape index (κ2) is 24.8. The minimum absolute atomic E-state index is 0. The van der Waals surface area contributed by atoms with E-state index in [1.54, 1.807) is 29.4 Å². The quantitative estimate of drug-likeness (QED) is 0.125. The molecule has 10 rings (SSSR count). The van der Waals surface area contributed by atoms with E-state index in [9.17, 15) is 19.2 Å². The van der Waals surface area contributed by atoms with Crippen LogP contribution in [-0.2, 0) is 35.0 Å². The first-order chi connectivity index (χ1) is 36.3. The van der Waals surface area contributed by atoms with E-state index in [0.29, 0.717) is 74.5 Å². The zero-order valence-electron chi connectivity index (χ0n) is 46.5. The molecule has 21 heteroatoms. The molecular weight excluding hydrogens is 1090 g/mol. The number of rotatable bonds is 14. The molecule has 79 heavy (non-hydrogen) atoms. The Balaban J connectivity index is 0.00000301. The summed E-state index contributed by atoms with van der Waals surface area (Å²) in [5, 5.41) is 6.51. The van der Waals surface area contributed by atoms with Crippen molar-refractivity contribution in [1.29, 1.82) is 0 Å². The van der Waals surface area contributed by atoms with E-state index in [-0.39, 0.29) is 81.8 Å². The average Bonchev–Trinajstić information content (AvgIpc) is 4.34. The van der Waals surface area contributed by atoms with Crippen molar-refractivity contribution in [3.63, 3.8) is 0 Å². The zero-order valence-corrected chi connectivity index (χ0v) is 50.3. The molecule has 0 bridgehead atoms. The predicted molar refractivity (Wildman–Crippen MR) is 322 cm³/mol. The smallest absolute Gasteiger partial charge is 0.407 e. The molecule has 0 radical (unpaired) electrons. The first kappa shape index (κ1) is 61.3. The summed E-state index contributed by atoms with van der Waals surface area (Å²) in [5.41, 5.74) is 6.23. The number of ether oxygens (including phenoxy) is 5. The molecule has 2 aromatic carbocycles. The number of fused-ring (bicyclic) bond motifs is 5. The number of likely N-dealkylation sites (tertiary alicyclic amines) is 2. The van der Waals surface area contributed by atoms with Gasteiger partial charge in [0.25, 0.3) is 0 Å². The SMILES string of the molecule is COC(=O)NC(C(=O)N1CCC[C@H]1C1=NC=C(c2ccc3c(c2)cc2n3C(c3ccc(CC(C)(C)OC)s3)Oc3cc(C4=CC([C@@H]5CCCN5C(=O)[C@@H](NC(=O)OC)C(C)C)=NC4)cc(F)c3-2)C1)C1CCOC(C)(C)C1.S.S.S. The molecule has 0 saturated carbocycles. The molecule has 6 aliphatic rings. The number of halogens is 1. The molecule has 6 aliphatic heterocycles. The normalized spacial score (nSPS) is 21.9. The number of allylic oxidation sites excluding steroid dienone is 1. The number of alkyl carbamates (subject to hydrolysis) is 2. The van der Waals surface area contributed by atoms with Crippen LogP contribution in [0.3, 0.4) is 0 Å². The fourth-order valence-corrected chi connectivity index (χ4v) is 13.3. The van der Waals surface area contributed by atoms with Crippen molar-refractivity contribution < 1.29 is 47.3 Å². The maximum Gasteiger partial charge on any atom is 0.407 e. The maximum atomic E-state index is 17.1. The van der Waals surface area contributed by atoms with Crippen LogP contribution in [-0.4, -0.2) is 133 Å². The van der Waals surface area contributed by atoms with Crippen LogP contribution in [0.5, 0.6) is 5.75 Å². The summed E-state index contributed by atoms with van der Waals surface area (Å²) in [6.07, 6.45) is 7.58. The first-order valence-electron chi connectivity index (χ1n) is 26.6. The summed E-state index contributed by atoms with van der Waals surface area (Å²) in [4.78, 5) is 68.9. The number of nitrogens with one attached hydrogen (secondary N) is 2. The van der Waals surface area contributed by atoms with Crippen LogP contribution in [0, 0.1) is 17.7 Å². The molecule has 4 aromatic rings. The lowest BCUT2D eigenvalue weighted by molar-refractivity contribution is -0.138. The lowest BCUT2D eigenvalue weighted by Gasteiger charge is -2.40. The molecule has 3 fully saturated rings. The number of aliphatic imine (C=N–C) groups is 2. The molecule has 0 aliphatic carbocycles. The molecular formula is C58H76FN7O9S4. The standard InChI is InChI=1S/C58H70FN7O9S.3H2S/c1-32(2)50(62-55(69)71-7)52(67)64-19-10-12-44(64)42-25-38(31-61-42)35-23-40(59)49-46-26-36-22-33(14-16-43(36)66(46)54(75-47(49)27-35)48-17-15-39(76-48)29-57(3,4)73-9)37-24-41(60-30-37)45-13-11-20-65(45)53(68)51(63-56(70)72-8)34-18-21-74-58(5,6)28-34;;;/h14-17,22-23,25-27,30,32,34,44-45,50-51,54H,10-13,18-21,24,28-29,31H2,1-9H3,(H,62,69)(H,63,70);3*1H2/t34?,44-,45-,50-,51?,54?;;;/m0.../s1. The first-order valence-corrected chi connectivity index (χ1v) is 27.4. The van der Waals surface area contributed by atoms with Crippen molar-refractivity contribution >= 4 is 109 Å². The van der Waals surface area contributed by atoms with Gasteiger partial charge in [-0.15, -0.1) is 11.3 Å². The highest BCUT2D eigenvalue weighted by Crippen LogP contribution is 2.48. The number of carbonyl (C=O) groups is 4. The molecule has 0 spiro atoms. The maximum absolute atomic E-state index is 17.1. The molecule has 16 nitrogen and oxygen atoms in total. The van der Waals surface area contributed by atoms with Gasteiger partial charge in [0, 0.05) is 61.8 Å². The second-order valence-corrected chi connectivity index (χ2v) is 23.7. The van der Waals surface area contributed by atoms with Gasteiger partial charge in [0.05, 0.1) is 71.4 Å². The van der Waals surface area contributed by atoms with E-state index in [1.165, 1.54) is 14.2 Å². The van der Waals surface area contributed by atoms with E-state index in [0.717, 1.165) is 74.5 Å². The van der Waals surface area contributed by atoms with Crippen LogP contribution in [0.15, 0.2) is 70.8 Å². The van der Waals surface area contributed by atoms with Gasteiger partial charge in [-0.2, -0.15) is 40.5 Å². The minimum Gasteiger partial charge on any atom is -0.464 e. The monoisotopic (exact) mass is 1160 g/mol. The van der Waals surface area contributed by atoms with Gasteiger partial charge in [-0.05, 0) is 149 Å². The van der Waals surface area contributed by atoms with Gasteiger partial charge >= 0.3 is 12.2 Å². The third kappa shape index (κ3) is 12.5. The fourth-order valence-electron chi connectivity index (χ4n) is 12.0. The van der Waals surface area contributed by atoms with Crippen LogP contribution in [0.4, 0.5) is 14.0 Å². The van der Waals surface area contributed by atoms with E-state index in [2.05, 4.69) is 59.4 Å². The fraction of sp³-hybridized carbons (Fsp3) is 0.517. The summed E-state index contributed by atoms with van der Waals surface area (Å²) in [6.45, 7) is 13.8. The summed E-state index contributed by atoms with van der Waals surface area (Å²) in [6, 6.07) is 14.0. The van der Waals surface area contributed by atoms with E-state index in [4.69, 9.17) is 33.7 Å². The Labute approximate surface area is 487 Å². The third-order valence-electron chi connectivity index (χ3n) is 16.1. The van der Waals surface area contributed by atoms with Crippen LogP contribution < -0.4 is 15.4 Å². The van der Waals surface area contributed by atoms with Gasteiger partial charge in [0.2, 0.25) is 18.0 Å². The van der Waals surface area contributed by atoms with E-state index < -0.39 is 41.9 Å².